The fraction of sp³-hybridized carbons (Fsp3) is 0.318. The van der Waals surface area contributed by atoms with Crippen LogP contribution in [0.3, 0.4) is 0 Å². The van der Waals surface area contributed by atoms with Crippen LogP contribution in [-0.2, 0) is 16.1 Å². The number of fused-ring (bicyclic) bond motifs is 1. The van der Waals surface area contributed by atoms with Crippen molar-refractivity contribution in [3.05, 3.63) is 53.6 Å². The van der Waals surface area contributed by atoms with Crippen molar-refractivity contribution in [3.8, 4) is 5.75 Å². The Kier molecular flexibility index (Phi) is 5.31. The number of carbonyl (C=O) groups is 3. The number of nitrogen functional groups attached to an aromatic ring is 1. The Morgan fingerprint density at radius 3 is 2.77 bits per heavy atom. The predicted molar refractivity (Wildman–Crippen MR) is 112 cm³/mol. The summed E-state index contributed by atoms with van der Waals surface area (Å²) in [4.78, 5) is 38.0. The Hall–Kier alpha value is -3.55. The van der Waals surface area contributed by atoms with Gasteiger partial charge in [-0.25, -0.2) is 0 Å². The van der Waals surface area contributed by atoms with Crippen molar-refractivity contribution in [1.82, 2.24) is 10.2 Å². The van der Waals surface area contributed by atoms with E-state index in [0.717, 1.165) is 11.3 Å². The molecule has 0 radical (unpaired) electrons. The van der Waals surface area contributed by atoms with E-state index < -0.39 is 11.9 Å². The Bertz CT molecular complexity index is 1010. The first-order valence-corrected chi connectivity index (χ1v) is 9.94. The number of nitrogens with zero attached hydrogens (tertiary/aromatic N) is 1. The molecule has 2 aromatic carbocycles. The molecule has 2 atom stereocenters. The standard InChI is InChI=1S/C22H24N4O4/c1-13(24-17-7-3-2-6-16(17)23)12-30-19-8-4-5-14-15(19)11-26(22(14)29)18-9-10-20(27)25-21(18)28/h2-8,13,18,24H,9-12,23H2,1H3,(H,25,27,28). The Morgan fingerprint density at radius 1 is 1.20 bits per heavy atom. The van der Waals surface area contributed by atoms with Crippen LogP contribution >= 0.6 is 0 Å². The molecule has 1 saturated heterocycles. The fourth-order valence-corrected chi connectivity index (χ4v) is 3.84. The summed E-state index contributed by atoms with van der Waals surface area (Å²) in [6, 6.07) is 12.2. The summed E-state index contributed by atoms with van der Waals surface area (Å²) in [5.41, 5.74) is 8.77. The number of hydrogen-bond donors (Lipinski definition) is 3. The van der Waals surface area contributed by atoms with E-state index in [1.54, 1.807) is 12.1 Å². The molecule has 30 heavy (non-hydrogen) atoms. The van der Waals surface area contributed by atoms with Gasteiger partial charge in [-0.3, -0.25) is 19.7 Å². The molecule has 8 nitrogen and oxygen atoms in total. The molecule has 0 aliphatic carbocycles. The van der Waals surface area contributed by atoms with Gasteiger partial charge in [0.05, 0.1) is 24.0 Å². The van der Waals surface area contributed by atoms with Gasteiger partial charge in [0.2, 0.25) is 11.8 Å². The summed E-state index contributed by atoms with van der Waals surface area (Å²) in [7, 11) is 0. The number of piperidine rings is 1. The molecule has 2 unspecified atom stereocenters. The van der Waals surface area contributed by atoms with E-state index in [1.807, 2.05) is 37.3 Å². The number of nitrogens with two attached hydrogens (primary N) is 1. The molecular formula is C22H24N4O4. The summed E-state index contributed by atoms with van der Waals surface area (Å²) in [5, 5.41) is 5.63. The third kappa shape index (κ3) is 3.80. The quantitative estimate of drug-likeness (QED) is 0.497. The van der Waals surface area contributed by atoms with Gasteiger partial charge in [0, 0.05) is 17.5 Å². The van der Waals surface area contributed by atoms with Crippen LogP contribution in [0.2, 0.25) is 0 Å². The van der Waals surface area contributed by atoms with E-state index in [0.29, 0.717) is 30.0 Å². The smallest absolute Gasteiger partial charge is 0.255 e. The minimum absolute atomic E-state index is 0.0195. The highest BCUT2D eigenvalue weighted by Gasteiger charge is 2.40. The Balaban J connectivity index is 1.44. The molecule has 0 aromatic heterocycles. The second-order valence-electron chi connectivity index (χ2n) is 7.63. The van der Waals surface area contributed by atoms with Crippen LogP contribution in [0.4, 0.5) is 11.4 Å². The van der Waals surface area contributed by atoms with Crippen LogP contribution in [0, 0.1) is 0 Å². The van der Waals surface area contributed by atoms with E-state index in [1.165, 1.54) is 4.90 Å². The highest BCUT2D eigenvalue weighted by Crippen LogP contribution is 2.33. The van der Waals surface area contributed by atoms with Gasteiger partial charge in [-0.1, -0.05) is 18.2 Å². The third-order valence-electron chi connectivity index (χ3n) is 5.39. The van der Waals surface area contributed by atoms with Crippen molar-refractivity contribution in [2.45, 2.75) is 38.4 Å². The van der Waals surface area contributed by atoms with Gasteiger partial charge in [0.1, 0.15) is 18.4 Å². The number of hydrogen-bond acceptors (Lipinski definition) is 6. The lowest BCUT2D eigenvalue weighted by atomic mass is 10.0. The number of imide groups is 1. The molecule has 2 aliphatic heterocycles. The number of carbonyl (C=O) groups excluding carboxylic acids is 3. The molecule has 0 saturated carbocycles. The average Bonchev–Trinajstić information content (AvgIpc) is 3.05. The van der Waals surface area contributed by atoms with Crippen molar-refractivity contribution in [2.75, 3.05) is 17.7 Å². The van der Waals surface area contributed by atoms with Crippen molar-refractivity contribution in [3.63, 3.8) is 0 Å². The van der Waals surface area contributed by atoms with E-state index >= 15 is 0 Å². The van der Waals surface area contributed by atoms with Gasteiger partial charge in [-0.05, 0) is 37.6 Å². The molecular weight excluding hydrogens is 384 g/mol. The van der Waals surface area contributed by atoms with Crippen molar-refractivity contribution >= 4 is 29.1 Å². The normalized spacial score (nSPS) is 19.3. The second-order valence-corrected chi connectivity index (χ2v) is 7.63. The van der Waals surface area contributed by atoms with E-state index in [-0.39, 0.29) is 30.8 Å². The molecule has 2 heterocycles. The maximum absolute atomic E-state index is 12.9. The van der Waals surface area contributed by atoms with Crippen LogP contribution in [0.1, 0.15) is 35.7 Å². The van der Waals surface area contributed by atoms with Crippen LogP contribution in [0.5, 0.6) is 5.75 Å². The summed E-state index contributed by atoms with van der Waals surface area (Å²) < 4.78 is 6.01. The number of rotatable bonds is 6. The number of nitrogens with one attached hydrogen (secondary N) is 2. The average molecular weight is 408 g/mol. The molecule has 0 bridgehead atoms. The molecule has 3 amide bonds. The topological polar surface area (TPSA) is 114 Å². The Morgan fingerprint density at radius 2 is 2.00 bits per heavy atom. The number of anilines is 2. The lowest BCUT2D eigenvalue weighted by molar-refractivity contribution is -0.136. The van der Waals surface area contributed by atoms with Gasteiger partial charge in [0.15, 0.2) is 0 Å². The highest BCUT2D eigenvalue weighted by atomic mass is 16.5. The minimum Gasteiger partial charge on any atom is -0.491 e. The highest BCUT2D eigenvalue weighted by molar-refractivity contribution is 6.05. The fourth-order valence-electron chi connectivity index (χ4n) is 3.84. The lowest BCUT2D eigenvalue weighted by Crippen LogP contribution is -2.52. The van der Waals surface area contributed by atoms with Crippen LogP contribution < -0.4 is 21.1 Å². The largest absolute Gasteiger partial charge is 0.491 e. The first-order chi connectivity index (χ1) is 14.4. The zero-order valence-electron chi connectivity index (χ0n) is 16.7. The van der Waals surface area contributed by atoms with E-state index in [4.69, 9.17) is 10.5 Å². The maximum Gasteiger partial charge on any atom is 0.255 e. The van der Waals surface area contributed by atoms with Crippen LogP contribution in [0.25, 0.3) is 0 Å². The summed E-state index contributed by atoms with van der Waals surface area (Å²) in [5.74, 6) is -0.323. The van der Waals surface area contributed by atoms with Crippen molar-refractivity contribution in [2.24, 2.45) is 0 Å². The van der Waals surface area contributed by atoms with Gasteiger partial charge >= 0.3 is 0 Å². The number of amides is 3. The lowest BCUT2D eigenvalue weighted by Gasteiger charge is -2.29. The summed E-state index contributed by atoms with van der Waals surface area (Å²) in [6.07, 6.45) is 0.561. The van der Waals surface area contributed by atoms with Crippen LogP contribution in [0.15, 0.2) is 42.5 Å². The van der Waals surface area contributed by atoms with Crippen LogP contribution in [-0.4, -0.2) is 41.3 Å². The van der Waals surface area contributed by atoms with E-state index in [9.17, 15) is 14.4 Å². The molecule has 4 rings (SSSR count). The number of benzene rings is 2. The first kappa shape index (κ1) is 19.8. The maximum atomic E-state index is 12.9. The van der Waals surface area contributed by atoms with Crippen molar-refractivity contribution in [1.29, 1.82) is 0 Å². The SMILES string of the molecule is CC(COc1cccc2c1CN(C1CCC(=O)NC1=O)C2=O)Nc1ccccc1N. The molecule has 0 spiro atoms. The van der Waals surface area contributed by atoms with Gasteiger partial charge < -0.3 is 20.7 Å². The third-order valence-corrected chi connectivity index (χ3v) is 5.39. The minimum atomic E-state index is -0.642. The molecule has 1 fully saturated rings. The summed E-state index contributed by atoms with van der Waals surface area (Å²) >= 11 is 0. The summed E-state index contributed by atoms with van der Waals surface area (Å²) in [6.45, 7) is 2.64. The van der Waals surface area contributed by atoms with Crippen molar-refractivity contribution < 1.29 is 19.1 Å². The van der Waals surface area contributed by atoms with Gasteiger partial charge in [-0.2, -0.15) is 0 Å². The van der Waals surface area contributed by atoms with Gasteiger partial charge in [0.25, 0.3) is 5.91 Å². The molecule has 2 aromatic rings. The number of ether oxygens (including phenoxy) is 1. The monoisotopic (exact) mass is 408 g/mol. The molecule has 2 aliphatic rings. The zero-order valence-corrected chi connectivity index (χ0v) is 16.7. The van der Waals surface area contributed by atoms with E-state index in [2.05, 4.69) is 10.6 Å². The molecule has 4 N–H and O–H groups in total. The predicted octanol–water partition coefficient (Wildman–Crippen LogP) is 1.91. The Labute approximate surface area is 174 Å². The molecule has 156 valence electrons. The molecule has 8 heteroatoms. The zero-order chi connectivity index (χ0) is 21.3. The second kappa shape index (κ2) is 8.06. The first-order valence-electron chi connectivity index (χ1n) is 9.94. The number of para-hydroxylation sites is 2. The van der Waals surface area contributed by atoms with Gasteiger partial charge in [-0.15, -0.1) is 0 Å².